The minimum absolute atomic E-state index is 0.150. The van der Waals surface area contributed by atoms with Crippen LogP contribution in [0.1, 0.15) is 25.3 Å². The van der Waals surface area contributed by atoms with E-state index in [1.165, 1.54) is 23.3 Å². The maximum absolute atomic E-state index is 11.5. The predicted molar refractivity (Wildman–Crippen MR) is 79.9 cm³/mol. The molecule has 1 aromatic rings. The van der Waals surface area contributed by atoms with Gasteiger partial charge in [0.25, 0.3) is 0 Å². The number of amides is 1. The van der Waals surface area contributed by atoms with Gasteiger partial charge in [0.15, 0.2) is 0 Å². The average molecular weight is 276 g/mol. The highest BCUT2D eigenvalue weighted by molar-refractivity contribution is 8.00. The number of hydrogen-bond donors (Lipinski definition) is 1. The fourth-order valence-corrected chi connectivity index (χ4v) is 4.10. The molecule has 0 spiro atoms. The Balaban J connectivity index is 1.73. The second-order valence-corrected chi connectivity index (χ2v) is 6.65. The highest BCUT2D eigenvalue weighted by Crippen LogP contribution is 2.35. The number of hydrogen-bond acceptors (Lipinski definition) is 3. The van der Waals surface area contributed by atoms with Crippen LogP contribution < -0.4 is 10.2 Å². The fourth-order valence-electron chi connectivity index (χ4n) is 2.88. The van der Waals surface area contributed by atoms with Gasteiger partial charge in [0.1, 0.15) is 0 Å². The summed E-state index contributed by atoms with van der Waals surface area (Å²) in [6.07, 6.45) is 3.50. The Morgan fingerprint density at radius 2 is 2.16 bits per heavy atom. The van der Waals surface area contributed by atoms with Gasteiger partial charge in [-0.15, -0.1) is 11.8 Å². The van der Waals surface area contributed by atoms with Crippen LogP contribution in [-0.2, 0) is 11.2 Å². The summed E-state index contributed by atoms with van der Waals surface area (Å²) in [5.41, 5.74) is 2.44. The fraction of sp³-hybridized carbons (Fsp3) is 0.533. The van der Waals surface area contributed by atoms with Crippen molar-refractivity contribution in [1.82, 2.24) is 5.32 Å². The third-order valence-corrected chi connectivity index (χ3v) is 5.25. The molecule has 1 amide bonds. The second-order valence-electron chi connectivity index (χ2n) is 5.28. The Morgan fingerprint density at radius 1 is 1.37 bits per heavy atom. The third-order valence-electron chi connectivity index (χ3n) is 3.92. The van der Waals surface area contributed by atoms with Gasteiger partial charge in [-0.25, -0.2) is 0 Å². The van der Waals surface area contributed by atoms with Gasteiger partial charge in [-0.1, -0.05) is 0 Å². The smallest absolute Gasteiger partial charge is 0.223 e. The molecule has 0 atom stereocenters. The van der Waals surface area contributed by atoms with Gasteiger partial charge in [0.2, 0.25) is 5.91 Å². The number of carbonyl (C=O) groups excluding carboxylic acids is 1. The Labute approximate surface area is 118 Å². The maximum Gasteiger partial charge on any atom is 0.223 e. The summed E-state index contributed by atoms with van der Waals surface area (Å²) in [6, 6.07) is 6.57. The molecule has 0 aliphatic carbocycles. The van der Waals surface area contributed by atoms with Crippen molar-refractivity contribution in [3.05, 3.63) is 23.8 Å². The lowest BCUT2D eigenvalue weighted by molar-refractivity contribution is -0.116. The SMILES string of the molecule is CC(=O)N1CCc2cc(SC3CCNCC3)ccc21. The van der Waals surface area contributed by atoms with Crippen LogP contribution >= 0.6 is 11.8 Å². The van der Waals surface area contributed by atoms with Crippen LogP contribution in [-0.4, -0.2) is 30.8 Å². The van der Waals surface area contributed by atoms with E-state index >= 15 is 0 Å². The molecule has 0 aromatic heterocycles. The third kappa shape index (κ3) is 2.79. The number of rotatable bonds is 2. The number of benzene rings is 1. The van der Waals surface area contributed by atoms with E-state index in [9.17, 15) is 4.79 Å². The summed E-state index contributed by atoms with van der Waals surface area (Å²) in [7, 11) is 0. The first kappa shape index (κ1) is 13.0. The lowest BCUT2D eigenvalue weighted by Crippen LogP contribution is -2.29. The first-order valence-electron chi connectivity index (χ1n) is 7.02. The number of nitrogens with one attached hydrogen (secondary N) is 1. The summed E-state index contributed by atoms with van der Waals surface area (Å²) in [5.74, 6) is 0.150. The molecule has 1 saturated heterocycles. The number of fused-ring (bicyclic) bond motifs is 1. The molecule has 2 heterocycles. The molecule has 1 fully saturated rings. The van der Waals surface area contributed by atoms with Gasteiger partial charge in [0, 0.05) is 29.3 Å². The van der Waals surface area contributed by atoms with E-state index in [4.69, 9.17) is 0 Å². The van der Waals surface area contributed by atoms with Crippen molar-refractivity contribution in [2.45, 2.75) is 36.3 Å². The van der Waals surface area contributed by atoms with Crippen LogP contribution in [0.15, 0.2) is 23.1 Å². The normalized spacial score (nSPS) is 19.5. The molecule has 102 valence electrons. The Hall–Kier alpha value is -1.00. The number of carbonyl (C=O) groups is 1. The average Bonchev–Trinajstić information content (AvgIpc) is 2.83. The molecule has 3 nitrogen and oxygen atoms in total. The van der Waals surface area contributed by atoms with Crippen LogP contribution in [0.25, 0.3) is 0 Å². The standard InChI is InChI=1S/C15H20N2OS/c1-11(18)17-9-6-12-10-14(2-3-15(12)17)19-13-4-7-16-8-5-13/h2-3,10,13,16H,4-9H2,1H3. The first-order valence-corrected chi connectivity index (χ1v) is 7.90. The number of thioether (sulfide) groups is 1. The lowest BCUT2D eigenvalue weighted by atomic mass is 10.2. The number of nitrogens with zero attached hydrogens (tertiary/aromatic N) is 1. The monoisotopic (exact) mass is 276 g/mol. The van der Waals surface area contributed by atoms with E-state index in [0.29, 0.717) is 0 Å². The van der Waals surface area contributed by atoms with E-state index in [-0.39, 0.29) is 5.91 Å². The van der Waals surface area contributed by atoms with Crippen LogP contribution in [0.5, 0.6) is 0 Å². The van der Waals surface area contributed by atoms with Crippen LogP contribution in [0.3, 0.4) is 0 Å². The Morgan fingerprint density at radius 3 is 2.89 bits per heavy atom. The van der Waals surface area contributed by atoms with E-state index in [2.05, 4.69) is 23.5 Å². The quantitative estimate of drug-likeness (QED) is 0.900. The van der Waals surface area contributed by atoms with Crippen LogP contribution in [0.4, 0.5) is 5.69 Å². The van der Waals surface area contributed by atoms with Crippen molar-refractivity contribution in [3.8, 4) is 0 Å². The van der Waals surface area contributed by atoms with Crippen molar-refractivity contribution >= 4 is 23.4 Å². The molecular formula is C15H20N2OS. The zero-order chi connectivity index (χ0) is 13.2. The van der Waals surface area contributed by atoms with Crippen molar-refractivity contribution in [1.29, 1.82) is 0 Å². The molecule has 0 radical (unpaired) electrons. The molecule has 0 unspecified atom stereocenters. The minimum Gasteiger partial charge on any atom is -0.317 e. The maximum atomic E-state index is 11.5. The van der Waals surface area contributed by atoms with Crippen molar-refractivity contribution in [3.63, 3.8) is 0 Å². The second kappa shape index (κ2) is 5.55. The lowest BCUT2D eigenvalue weighted by Gasteiger charge is -2.22. The Kier molecular flexibility index (Phi) is 3.80. The highest BCUT2D eigenvalue weighted by atomic mass is 32.2. The van der Waals surface area contributed by atoms with E-state index < -0.39 is 0 Å². The van der Waals surface area contributed by atoms with Crippen LogP contribution in [0, 0.1) is 0 Å². The molecule has 1 aromatic carbocycles. The molecule has 2 aliphatic heterocycles. The van der Waals surface area contributed by atoms with E-state index in [1.807, 2.05) is 16.7 Å². The summed E-state index contributed by atoms with van der Waals surface area (Å²) in [4.78, 5) is 14.8. The highest BCUT2D eigenvalue weighted by Gasteiger charge is 2.23. The zero-order valence-electron chi connectivity index (χ0n) is 11.3. The molecule has 3 rings (SSSR count). The van der Waals surface area contributed by atoms with Gasteiger partial charge in [0.05, 0.1) is 0 Å². The number of piperidine rings is 1. The summed E-state index contributed by atoms with van der Waals surface area (Å²) < 4.78 is 0. The molecule has 0 bridgehead atoms. The Bertz CT molecular complexity index is 483. The molecule has 4 heteroatoms. The number of anilines is 1. The molecule has 19 heavy (non-hydrogen) atoms. The summed E-state index contributed by atoms with van der Waals surface area (Å²) in [5, 5.41) is 4.14. The predicted octanol–water partition coefficient (Wildman–Crippen LogP) is 2.44. The summed E-state index contributed by atoms with van der Waals surface area (Å²) in [6.45, 7) is 4.76. The molecule has 2 aliphatic rings. The van der Waals surface area contributed by atoms with Gasteiger partial charge in [-0.2, -0.15) is 0 Å². The van der Waals surface area contributed by atoms with Gasteiger partial charge < -0.3 is 10.2 Å². The first-order chi connectivity index (χ1) is 9.24. The van der Waals surface area contributed by atoms with Gasteiger partial charge in [-0.3, -0.25) is 4.79 Å². The molecule has 0 saturated carbocycles. The van der Waals surface area contributed by atoms with Crippen molar-refractivity contribution in [2.75, 3.05) is 24.5 Å². The van der Waals surface area contributed by atoms with Gasteiger partial charge >= 0.3 is 0 Å². The van der Waals surface area contributed by atoms with Gasteiger partial charge in [-0.05, 0) is 56.1 Å². The van der Waals surface area contributed by atoms with Crippen molar-refractivity contribution in [2.24, 2.45) is 0 Å². The molecular weight excluding hydrogens is 256 g/mol. The van der Waals surface area contributed by atoms with Crippen LogP contribution in [0.2, 0.25) is 0 Å². The molecule has 1 N–H and O–H groups in total. The van der Waals surface area contributed by atoms with E-state index in [0.717, 1.165) is 37.0 Å². The van der Waals surface area contributed by atoms with Crippen molar-refractivity contribution < 1.29 is 4.79 Å². The summed E-state index contributed by atoms with van der Waals surface area (Å²) >= 11 is 2.00. The minimum atomic E-state index is 0.150. The van der Waals surface area contributed by atoms with E-state index in [1.54, 1.807) is 6.92 Å². The zero-order valence-corrected chi connectivity index (χ0v) is 12.1. The topological polar surface area (TPSA) is 32.3 Å². The largest absolute Gasteiger partial charge is 0.317 e.